The van der Waals surface area contributed by atoms with Gasteiger partial charge in [-0.2, -0.15) is 0 Å². The van der Waals surface area contributed by atoms with Crippen LogP contribution in [0, 0.1) is 6.92 Å². The van der Waals surface area contributed by atoms with Crippen LogP contribution in [0.2, 0.25) is 0 Å². The second kappa shape index (κ2) is 8.27. The molecule has 2 amide bonds. The molecule has 1 aromatic heterocycles. The number of amides is 2. The number of carbonyl (C=O) groups excluding carboxylic acids is 2. The highest BCUT2D eigenvalue weighted by Gasteiger charge is 2.16. The molecule has 0 aliphatic heterocycles. The number of aromatic nitrogens is 1. The number of benzene rings is 2. The number of anilines is 1. The zero-order valence-corrected chi connectivity index (χ0v) is 15.3. The van der Waals surface area contributed by atoms with Crippen molar-refractivity contribution in [2.24, 2.45) is 0 Å². The average Bonchev–Trinajstić information content (AvgIpc) is 2.70. The highest BCUT2D eigenvalue weighted by atomic mass is 16.2. The van der Waals surface area contributed by atoms with Gasteiger partial charge in [-0.3, -0.25) is 9.59 Å². The lowest BCUT2D eigenvalue weighted by atomic mass is 10.2. The summed E-state index contributed by atoms with van der Waals surface area (Å²) in [7, 11) is 1.72. The Kier molecular flexibility index (Phi) is 5.61. The van der Waals surface area contributed by atoms with Gasteiger partial charge in [0.15, 0.2) is 0 Å². The van der Waals surface area contributed by atoms with Crippen molar-refractivity contribution in [2.45, 2.75) is 13.5 Å². The van der Waals surface area contributed by atoms with E-state index in [9.17, 15) is 9.59 Å². The molecule has 0 radical (unpaired) electrons. The van der Waals surface area contributed by atoms with Gasteiger partial charge in [0.25, 0.3) is 11.8 Å². The molecule has 0 aliphatic rings. The number of nitrogens with zero attached hydrogens (tertiary/aromatic N) is 2. The summed E-state index contributed by atoms with van der Waals surface area (Å²) in [6.07, 6.45) is 0. The molecule has 0 unspecified atom stereocenters. The molecule has 1 heterocycles. The van der Waals surface area contributed by atoms with E-state index in [1.54, 1.807) is 30.1 Å². The Bertz CT molecular complexity index is 937. The summed E-state index contributed by atoms with van der Waals surface area (Å²) in [5.74, 6) is -0.581. The van der Waals surface area contributed by atoms with Crippen molar-refractivity contribution < 1.29 is 9.59 Å². The molecular weight excluding hydrogens is 338 g/mol. The quantitative estimate of drug-likeness (QED) is 0.751. The number of hydrogen-bond acceptors (Lipinski definition) is 3. The van der Waals surface area contributed by atoms with Crippen LogP contribution in [0.25, 0.3) is 0 Å². The fourth-order valence-electron chi connectivity index (χ4n) is 2.64. The first-order chi connectivity index (χ1) is 13.0. The molecule has 0 aliphatic carbocycles. The van der Waals surface area contributed by atoms with Gasteiger partial charge in [-0.15, -0.1) is 0 Å². The Morgan fingerprint density at radius 3 is 2.26 bits per heavy atom. The number of hydrogen-bond donors (Lipinski definition) is 1. The fourth-order valence-corrected chi connectivity index (χ4v) is 2.64. The van der Waals surface area contributed by atoms with E-state index in [-0.39, 0.29) is 23.2 Å². The third kappa shape index (κ3) is 4.79. The SMILES string of the molecule is Cc1ccc(NC(=O)c2cccc(C(=O)N(C)Cc3ccccc3)n2)cc1. The third-order valence-corrected chi connectivity index (χ3v) is 4.12. The summed E-state index contributed by atoms with van der Waals surface area (Å²) in [4.78, 5) is 30.9. The van der Waals surface area contributed by atoms with E-state index in [0.29, 0.717) is 12.2 Å². The Balaban J connectivity index is 1.71. The predicted molar refractivity (Wildman–Crippen MR) is 106 cm³/mol. The highest BCUT2D eigenvalue weighted by molar-refractivity contribution is 6.03. The Labute approximate surface area is 158 Å². The van der Waals surface area contributed by atoms with Crippen molar-refractivity contribution in [3.8, 4) is 0 Å². The van der Waals surface area contributed by atoms with Gasteiger partial charge < -0.3 is 10.2 Å². The zero-order chi connectivity index (χ0) is 19.2. The van der Waals surface area contributed by atoms with Crippen molar-refractivity contribution in [1.29, 1.82) is 0 Å². The van der Waals surface area contributed by atoms with Crippen LogP contribution in [0.4, 0.5) is 5.69 Å². The van der Waals surface area contributed by atoms with Gasteiger partial charge >= 0.3 is 0 Å². The van der Waals surface area contributed by atoms with Gasteiger partial charge in [0.1, 0.15) is 11.4 Å². The third-order valence-electron chi connectivity index (χ3n) is 4.12. The lowest BCUT2D eigenvalue weighted by Gasteiger charge is -2.17. The van der Waals surface area contributed by atoms with E-state index in [2.05, 4.69) is 10.3 Å². The first kappa shape index (κ1) is 18.3. The Morgan fingerprint density at radius 1 is 0.889 bits per heavy atom. The van der Waals surface area contributed by atoms with Gasteiger partial charge in [-0.1, -0.05) is 54.1 Å². The first-order valence-electron chi connectivity index (χ1n) is 8.67. The normalized spacial score (nSPS) is 10.3. The van der Waals surface area contributed by atoms with Gasteiger partial charge in [0.2, 0.25) is 0 Å². The van der Waals surface area contributed by atoms with Crippen LogP contribution in [0.15, 0.2) is 72.8 Å². The van der Waals surface area contributed by atoms with Crippen molar-refractivity contribution in [1.82, 2.24) is 9.88 Å². The number of nitrogens with one attached hydrogen (secondary N) is 1. The molecule has 0 saturated heterocycles. The number of pyridine rings is 1. The van der Waals surface area contributed by atoms with Crippen LogP contribution >= 0.6 is 0 Å². The molecule has 3 aromatic rings. The number of rotatable bonds is 5. The molecule has 0 bridgehead atoms. The molecule has 136 valence electrons. The maximum Gasteiger partial charge on any atom is 0.274 e. The number of aryl methyl sites for hydroxylation is 1. The van der Waals surface area contributed by atoms with Gasteiger partial charge in [-0.05, 0) is 36.8 Å². The van der Waals surface area contributed by atoms with Crippen molar-refractivity contribution in [3.05, 3.63) is 95.3 Å². The molecule has 5 nitrogen and oxygen atoms in total. The van der Waals surface area contributed by atoms with Gasteiger partial charge in [-0.25, -0.2) is 4.98 Å². The van der Waals surface area contributed by atoms with Crippen molar-refractivity contribution >= 4 is 17.5 Å². The summed E-state index contributed by atoms with van der Waals surface area (Å²) in [5, 5.41) is 2.79. The van der Waals surface area contributed by atoms with Crippen LogP contribution in [-0.2, 0) is 6.54 Å². The largest absolute Gasteiger partial charge is 0.336 e. The minimum atomic E-state index is -0.348. The fraction of sp³-hybridized carbons (Fsp3) is 0.136. The molecule has 1 N–H and O–H groups in total. The molecule has 0 saturated carbocycles. The van der Waals surface area contributed by atoms with E-state index in [4.69, 9.17) is 0 Å². The first-order valence-corrected chi connectivity index (χ1v) is 8.67. The van der Waals surface area contributed by atoms with Gasteiger partial charge in [0, 0.05) is 19.3 Å². The second-order valence-electron chi connectivity index (χ2n) is 6.38. The van der Waals surface area contributed by atoms with E-state index in [0.717, 1.165) is 11.1 Å². The predicted octanol–water partition coefficient (Wildman–Crippen LogP) is 3.91. The standard InChI is InChI=1S/C22H21N3O2/c1-16-11-13-18(14-12-16)23-21(26)19-9-6-10-20(24-19)22(27)25(2)15-17-7-4-3-5-8-17/h3-14H,15H2,1-2H3,(H,23,26). The van der Waals surface area contributed by atoms with E-state index in [1.165, 1.54) is 0 Å². The smallest absolute Gasteiger partial charge is 0.274 e. The molecule has 0 atom stereocenters. The molecule has 3 rings (SSSR count). The summed E-state index contributed by atoms with van der Waals surface area (Å²) in [6, 6.07) is 22.1. The van der Waals surface area contributed by atoms with Gasteiger partial charge in [0.05, 0.1) is 0 Å². The maximum absolute atomic E-state index is 12.7. The summed E-state index contributed by atoms with van der Waals surface area (Å²) in [5.41, 5.74) is 3.27. The minimum absolute atomic E-state index is 0.203. The van der Waals surface area contributed by atoms with Crippen molar-refractivity contribution in [3.63, 3.8) is 0 Å². The maximum atomic E-state index is 12.7. The van der Waals surface area contributed by atoms with E-state index in [1.807, 2.05) is 61.5 Å². The Morgan fingerprint density at radius 2 is 1.56 bits per heavy atom. The van der Waals surface area contributed by atoms with E-state index >= 15 is 0 Å². The van der Waals surface area contributed by atoms with Crippen LogP contribution in [0.3, 0.4) is 0 Å². The number of carbonyl (C=O) groups is 2. The van der Waals surface area contributed by atoms with Crippen LogP contribution in [-0.4, -0.2) is 28.7 Å². The van der Waals surface area contributed by atoms with Crippen molar-refractivity contribution in [2.75, 3.05) is 12.4 Å². The van der Waals surface area contributed by atoms with Crippen LogP contribution < -0.4 is 5.32 Å². The lowest BCUT2D eigenvalue weighted by molar-refractivity contribution is 0.0779. The summed E-state index contributed by atoms with van der Waals surface area (Å²) < 4.78 is 0. The summed E-state index contributed by atoms with van der Waals surface area (Å²) in [6.45, 7) is 2.45. The monoisotopic (exact) mass is 359 g/mol. The molecular formula is C22H21N3O2. The zero-order valence-electron chi connectivity index (χ0n) is 15.3. The van der Waals surface area contributed by atoms with Crippen LogP contribution in [0.1, 0.15) is 32.1 Å². The molecule has 2 aromatic carbocycles. The molecule has 0 spiro atoms. The Hall–Kier alpha value is -3.47. The second-order valence-corrected chi connectivity index (χ2v) is 6.38. The summed E-state index contributed by atoms with van der Waals surface area (Å²) >= 11 is 0. The van der Waals surface area contributed by atoms with Crippen LogP contribution in [0.5, 0.6) is 0 Å². The topological polar surface area (TPSA) is 62.3 Å². The highest BCUT2D eigenvalue weighted by Crippen LogP contribution is 2.12. The molecule has 27 heavy (non-hydrogen) atoms. The molecule has 0 fully saturated rings. The average molecular weight is 359 g/mol. The minimum Gasteiger partial charge on any atom is -0.336 e. The van der Waals surface area contributed by atoms with E-state index < -0.39 is 0 Å². The lowest BCUT2D eigenvalue weighted by Crippen LogP contribution is -2.27. The molecule has 5 heteroatoms.